The highest BCUT2D eigenvalue weighted by Gasteiger charge is 2.17. The van der Waals surface area contributed by atoms with Crippen molar-refractivity contribution >= 4 is 17.4 Å². The Balaban J connectivity index is 1.11. The van der Waals surface area contributed by atoms with Crippen LogP contribution in [0.25, 0.3) is 0 Å². The zero-order chi connectivity index (χ0) is 27.0. The van der Waals surface area contributed by atoms with Crippen molar-refractivity contribution in [1.29, 1.82) is 0 Å². The standard InChI is InChI=1S/C32H31N3O4/c36-30(23-14-16-26(17-15-23)39-25-9-2-1-3-10-25)19-20-31(37)33-24-8-6-7-22(21-24)13-18-29-27-11-4-5-12-28(27)32(38)35-34-29/h1-3,6-10,14-17,21H,4-5,11-13,18-20H2,(H,33,37)(H,35,38). The zero-order valence-corrected chi connectivity index (χ0v) is 21.7. The minimum Gasteiger partial charge on any atom is -0.457 e. The number of hydrogen-bond acceptors (Lipinski definition) is 5. The number of carbonyl (C=O) groups is 2. The van der Waals surface area contributed by atoms with Gasteiger partial charge in [0.05, 0.1) is 5.69 Å². The molecule has 0 saturated heterocycles. The maximum atomic E-state index is 12.6. The normalized spacial score (nSPS) is 12.4. The molecule has 1 aliphatic carbocycles. The number of rotatable bonds is 10. The summed E-state index contributed by atoms with van der Waals surface area (Å²) in [7, 11) is 0. The second-order valence-corrected chi connectivity index (χ2v) is 9.77. The molecule has 1 aliphatic rings. The maximum Gasteiger partial charge on any atom is 0.267 e. The third kappa shape index (κ3) is 6.87. The predicted molar refractivity (Wildman–Crippen MR) is 151 cm³/mol. The van der Waals surface area contributed by atoms with Gasteiger partial charge in [-0.15, -0.1) is 0 Å². The molecular formula is C32H31N3O4. The summed E-state index contributed by atoms with van der Waals surface area (Å²) in [6, 6.07) is 24.1. The second-order valence-electron chi connectivity index (χ2n) is 9.77. The van der Waals surface area contributed by atoms with Gasteiger partial charge in [0.25, 0.3) is 5.56 Å². The van der Waals surface area contributed by atoms with Crippen LogP contribution in [0.3, 0.4) is 0 Å². The van der Waals surface area contributed by atoms with Gasteiger partial charge in [-0.05, 0) is 98.2 Å². The van der Waals surface area contributed by atoms with E-state index in [1.54, 1.807) is 24.3 Å². The highest BCUT2D eigenvalue weighted by molar-refractivity contribution is 6.00. The van der Waals surface area contributed by atoms with Crippen LogP contribution in [0.15, 0.2) is 83.7 Å². The number of fused-ring (bicyclic) bond motifs is 1. The number of aryl methyl sites for hydroxylation is 2. The largest absolute Gasteiger partial charge is 0.457 e. The monoisotopic (exact) mass is 521 g/mol. The Morgan fingerprint density at radius 3 is 2.36 bits per heavy atom. The lowest BCUT2D eigenvalue weighted by molar-refractivity contribution is -0.116. The van der Waals surface area contributed by atoms with Crippen LogP contribution in [-0.2, 0) is 30.5 Å². The summed E-state index contributed by atoms with van der Waals surface area (Å²) < 4.78 is 5.77. The maximum absolute atomic E-state index is 12.6. The lowest BCUT2D eigenvalue weighted by atomic mass is 9.90. The molecule has 5 rings (SSSR count). The van der Waals surface area contributed by atoms with E-state index in [4.69, 9.17) is 4.74 Å². The SMILES string of the molecule is O=C(CCC(=O)c1ccc(Oc2ccccc2)cc1)Nc1cccc(CCc2n[nH]c(=O)c3c2CCCC3)c1. The number of anilines is 1. The third-order valence-electron chi connectivity index (χ3n) is 6.98. The Labute approximate surface area is 227 Å². The van der Waals surface area contributed by atoms with E-state index in [-0.39, 0.29) is 30.1 Å². The number of ketones is 1. The number of amides is 1. The summed E-state index contributed by atoms with van der Waals surface area (Å²) >= 11 is 0. The summed E-state index contributed by atoms with van der Waals surface area (Å²) in [6.07, 6.45) is 5.54. The average Bonchev–Trinajstić information content (AvgIpc) is 2.97. The van der Waals surface area contributed by atoms with E-state index in [1.807, 2.05) is 54.6 Å². The van der Waals surface area contributed by atoms with Crippen LogP contribution in [0, 0.1) is 0 Å². The first kappa shape index (κ1) is 26.1. The van der Waals surface area contributed by atoms with Crippen molar-refractivity contribution in [1.82, 2.24) is 10.2 Å². The molecule has 3 aromatic carbocycles. The Kier molecular flexibility index (Phi) is 8.26. The number of nitrogens with zero attached hydrogens (tertiary/aromatic N) is 1. The van der Waals surface area contributed by atoms with Crippen molar-refractivity contribution in [2.45, 2.75) is 51.4 Å². The van der Waals surface area contributed by atoms with Crippen molar-refractivity contribution in [2.24, 2.45) is 0 Å². The van der Waals surface area contributed by atoms with E-state index in [0.29, 0.717) is 17.0 Å². The van der Waals surface area contributed by atoms with Crippen LogP contribution in [-0.4, -0.2) is 21.9 Å². The Bertz CT molecular complexity index is 1510. The number of carbonyl (C=O) groups excluding carboxylic acids is 2. The topological polar surface area (TPSA) is 101 Å². The minimum atomic E-state index is -0.207. The molecule has 1 amide bonds. The Hall–Kier alpha value is -4.52. The molecule has 7 nitrogen and oxygen atoms in total. The number of aromatic amines is 1. The first-order valence-corrected chi connectivity index (χ1v) is 13.4. The molecule has 1 heterocycles. The summed E-state index contributed by atoms with van der Waals surface area (Å²) in [6.45, 7) is 0. The van der Waals surface area contributed by atoms with Gasteiger partial charge >= 0.3 is 0 Å². The fourth-order valence-corrected chi connectivity index (χ4v) is 4.93. The molecule has 0 fully saturated rings. The molecule has 39 heavy (non-hydrogen) atoms. The Morgan fingerprint density at radius 2 is 1.56 bits per heavy atom. The molecule has 2 N–H and O–H groups in total. The van der Waals surface area contributed by atoms with Gasteiger partial charge in [0.15, 0.2) is 5.78 Å². The number of hydrogen-bond donors (Lipinski definition) is 2. The zero-order valence-electron chi connectivity index (χ0n) is 21.7. The smallest absolute Gasteiger partial charge is 0.267 e. The van der Waals surface area contributed by atoms with Crippen molar-refractivity contribution in [3.63, 3.8) is 0 Å². The lowest BCUT2D eigenvalue weighted by Crippen LogP contribution is -2.23. The van der Waals surface area contributed by atoms with E-state index in [9.17, 15) is 14.4 Å². The molecule has 0 atom stereocenters. The molecule has 4 aromatic rings. The number of para-hydroxylation sites is 1. The molecular weight excluding hydrogens is 490 g/mol. The first-order chi connectivity index (χ1) is 19.0. The van der Waals surface area contributed by atoms with E-state index < -0.39 is 0 Å². The molecule has 0 unspecified atom stereocenters. The highest BCUT2D eigenvalue weighted by Crippen LogP contribution is 2.23. The molecule has 0 bridgehead atoms. The molecule has 198 valence electrons. The molecule has 0 saturated carbocycles. The lowest BCUT2D eigenvalue weighted by Gasteiger charge is -2.17. The van der Waals surface area contributed by atoms with E-state index in [1.165, 1.54) is 0 Å². The van der Waals surface area contributed by atoms with Gasteiger partial charge in [0.2, 0.25) is 5.91 Å². The van der Waals surface area contributed by atoms with Gasteiger partial charge in [-0.3, -0.25) is 14.4 Å². The number of benzene rings is 3. The summed E-state index contributed by atoms with van der Waals surface area (Å²) in [5.74, 6) is 1.07. The van der Waals surface area contributed by atoms with Crippen molar-refractivity contribution in [3.05, 3.63) is 117 Å². The quantitative estimate of drug-likeness (QED) is 0.256. The van der Waals surface area contributed by atoms with E-state index in [0.717, 1.165) is 66.7 Å². The molecule has 0 aliphatic heterocycles. The van der Waals surface area contributed by atoms with Crippen LogP contribution in [0.5, 0.6) is 11.5 Å². The summed E-state index contributed by atoms with van der Waals surface area (Å²) in [5, 5.41) is 9.88. The van der Waals surface area contributed by atoms with Gasteiger partial charge in [-0.25, -0.2) is 5.10 Å². The van der Waals surface area contributed by atoms with Gasteiger partial charge in [0.1, 0.15) is 11.5 Å². The molecule has 0 radical (unpaired) electrons. The first-order valence-electron chi connectivity index (χ1n) is 13.4. The van der Waals surface area contributed by atoms with Crippen LogP contribution < -0.4 is 15.6 Å². The summed E-state index contributed by atoms with van der Waals surface area (Å²) in [4.78, 5) is 37.3. The molecule has 0 spiro atoms. The Morgan fingerprint density at radius 1 is 0.821 bits per heavy atom. The van der Waals surface area contributed by atoms with Gasteiger partial charge in [0, 0.05) is 29.7 Å². The van der Waals surface area contributed by atoms with Gasteiger partial charge in [-0.2, -0.15) is 5.10 Å². The summed E-state index contributed by atoms with van der Waals surface area (Å²) in [5.41, 5.74) is 5.20. The number of H-pyrrole nitrogens is 1. The molecule has 7 heteroatoms. The minimum absolute atomic E-state index is 0.0641. The second kappa shape index (κ2) is 12.3. The predicted octanol–water partition coefficient (Wildman–Crippen LogP) is 5.83. The molecule has 1 aromatic heterocycles. The number of Topliss-reactive ketones (excluding diaryl/α,β-unsaturated/α-hetero) is 1. The van der Waals surface area contributed by atoms with Crippen LogP contribution in [0.1, 0.15) is 58.4 Å². The highest BCUT2D eigenvalue weighted by atomic mass is 16.5. The third-order valence-corrected chi connectivity index (χ3v) is 6.98. The number of nitrogens with one attached hydrogen (secondary N) is 2. The number of aromatic nitrogens is 2. The van der Waals surface area contributed by atoms with Crippen LogP contribution in [0.4, 0.5) is 5.69 Å². The number of ether oxygens (including phenoxy) is 1. The van der Waals surface area contributed by atoms with Gasteiger partial charge < -0.3 is 10.1 Å². The van der Waals surface area contributed by atoms with Crippen molar-refractivity contribution < 1.29 is 14.3 Å². The van der Waals surface area contributed by atoms with E-state index in [2.05, 4.69) is 15.5 Å². The van der Waals surface area contributed by atoms with Crippen LogP contribution >= 0.6 is 0 Å². The van der Waals surface area contributed by atoms with Crippen molar-refractivity contribution in [2.75, 3.05) is 5.32 Å². The fourth-order valence-electron chi connectivity index (χ4n) is 4.93. The van der Waals surface area contributed by atoms with Crippen molar-refractivity contribution in [3.8, 4) is 11.5 Å². The van der Waals surface area contributed by atoms with E-state index >= 15 is 0 Å². The average molecular weight is 522 g/mol. The van der Waals surface area contributed by atoms with Gasteiger partial charge in [-0.1, -0.05) is 30.3 Å². The fraction of sp³-hybridized carbons (Fsp3) is 0.250. The van der Waals surface area contributed by atoms with Crippen LogP contribution in [0.2, 0.25) is 0 Å².